The Hall–Kier alpha value is -3.09. The number of aryl methyl sites for hydroxylation is 1. The van der Waals surface area contributed by atoms with Gasteiger partial charge in [-0.15, -0.1) is 0 Å². The van der Waals surface area contributed by atoms with Crippen LogP contribution < -0.4 is 16.0 Å². The third kappa shape index (κ3) is 4.44. The van der Waals surface area contributed by atoms with Crippen LogP contribution in [-0.2, 0) is 0 Å². The highest BCUT2D eigenvalue weighted by Crippen LogP contribution is 2.23. The Morgan fingerprint density at radius 2 is 2.04 bits per heavy atom. The number of carbonyl (C=O) groups is 2. The van der Waals surface area contributed by atoms with Crippen molar-refractivity contribution in [3.63, 3.8) is 0 Å². The number of aromatic nitrogens is 1. The second kappa shape index (κ2) is 7.26. The normalized spacial score (nSPS) is 10.0. The molecule has 0 radical (unpaired) electrons. The van der Waals surface area contributed by atoms with Gasteiger partial charge in [-0.25, -0.2) is 14.6 Å². The fourth-order valence-corrected chi connectivity index (χ4v) is 2.00. The van der Waals surface area contributed by atoms with Crippen molar-refractivity contribution in [2.75, 3.05) is 17.2 Å². The van der Waals surface area contributed by atoms with Gasteiger partial charge in [0.2, 0.25) is 0 Å². The van der Waals surface area contributed by atoms with Gasteiger partial charge in [-0.3, -0.25) is 5.32 Å². The Kier molecular flexibility index (Phi) is 5.14. The van der Waals surface area contributed by atoms with Gasteiger partial charge in [0, 0.05) is 24.5 Å². The molecule has 0 aliphatic rings. The van der Waals surface area contributed by atoms with Crippen molar-refractivity contribution in [3.8, 4) is 0 Å². The molecule has 0 aliphatic heterocycles. The SMILES string of the molecule is CCNC(=O)Nc1cc(Nc2cccc(C)c2)c(C(=O)O)cn1. The number of nitrogens with zero attached hydrogens (tertiary/aromatic N) is 1. The third-order valence-corrected chi connectivity index (χ3v) is 3.01. The minimum atomic E-state index is -1.10. The van der Waals surface area contributed by atoms with E-state index in [0.717, 1.165) is 11.3 Å². The highest BCUT2D eigenvalue weighted by Gasteiger charge is 2.13. The molecular formula is C16H18N4O3. The average molecular weight is 314 g/mol. The molecule has 2 rings (SSSR count). The summed E-state index contributed by atoms with van der Waals surface area (Å²) in [6.07, 6.45) is 1.21. The summed E-state index contributed by atoms with van der Waals surface area (Å²) < 4.78 is 0. The number of nitrogens with one attached hydrogen (secondary N) is 3. The number of pyridine rings is 1. The van der Waals surface area contributed by atoms with E-state index >= 15 is 0 Å². The fourth-order valence-electron chi connectivity index (χ4n) is 2.00. The van der Waals surface area contributed by atoms with Gasteiger partial charge >= 0.3 is 12.0 Å². The van der Waals surface area contributed by atoms with Crippen LogP contribution in [0, 0.1) is 6.92 Å². The summed E-state index contributed by atoms with van der Waals surface area (Å²) in [6.45, 7) is 4.22. The summed E-state index contributed by atoms with van der Waals surface area (Å²) >= 11 is 0. The molecule has 2 amide bonds. The lowest BCUT2D eigenvalue weighted by Crippen LogP contribution is -2.28. The Morgan fingerprint density at radius 3 is 2.70 bits per heavy atom. The molecule has 1 aromatic carbocycles. The van der Waals surface area contributed by atoms with E-state index in [9.17, 15) is 14.7 Å². The molecule has 0 aliphatic carbocycles. The van der Waals surface area contributed by atoms with E-state index < -0.39 is 12.0 Å². The standard InChI is InChI=1S/C16H18N4O3/c1-3-17-16(23)20-14-8-13(12(9-18-14)15(21)22)19-11-6-4-5-10(2)7-11/h4-9H,3H2,1-2H3,(H,21,22)(H3,17,18,19,20,23). The molecule has 0 spiro atoms. The molecule has 4 N–H and O–H groups in total. The maximum Gasteiger partial charge on any atom is 0.339 e. The monoisotopic (exact) mass is 314 g/mol. The number of hydrogen-bond donors (Lipinski definition) is 4. The number of anilines is 3. The first kappa shape index (κ1) is 16.3. The van der Waals surface area contributed by atoms with Gasteiger partial charge < -0.3 is 15.7 Å². The number of hydrogen-bond acceptors (Lipinski definition) is 4. The molecule has 1 aromatic heterocycles. The molecule has 0 bridgehead atoms. The van der Waals surface area contributed by atoms with E-state index in [1.165, 1.54) is 12.3 Å². The number of carboxylic acid groups (broad SMARTS) is 1. The van der Waals surface area contributed by atoms with E-state index in [1.54, 1.807) is 6.92 Å². The number of amides is 2. The molecule has 0 unspecified atom stereocenters. The molecule has 7 nitrogen and oxygen atoms in total. The summed E-state index contributed by atoms with van der Waals surface area (Å²) in [5, 5.41) is 17.5. The van der Waals surface area contributed by atoms with Crippen LogP contribution in [0.2, 0.25) is 0 Å². The van der Waals surface area contributed by atoms with Crippen LogP contribution in [0.4, 0.5) is 22.0 Å². The lowest BCUT2D eigenvalue weighted by Gasteiger charge is -2.12. The van der Waals surface area contributed by atoms with Gasteiger partial charge in [0.15, 0.2) is 0 Å². The second-order valence-electron chi connectivity index (χ2n) is 4.90. The number of carboxylic acids is 1. The van der Waals surface area contributed by atoms with Crippen LogP contribution in [0.1, 0.15) is 22.8 Å². The van der Waals surface area contributed by atoms with Crippen LogP contribution in [0.5, 0.6) is 0 Å². The predicted octanol–water partition coefficient (Wildman–Crippen LogP) is 2.97. The van der Waals surface area contributed by atoms with Gasteiger partial charge in [-0.1, -0.05) is 12.1 Å². The Labute approximate surface area is 133 Å². The lowest BCUT2D eigenvalue weighted by atomic mass is 10.2. The van der Waals surface area contributed by atoms with E-state index in [-0.39, 0.29) is 11.4 Å². The zero-order chi connectivity index (χ0) is 16.8. The van der Waals surface area contributed by atoms with E-state index in [2.05, 4.69) is 20.9 Å². The summed E-state index contributed by atoms with van der Waals surface area (Å²) in [7, 11) is 0. The maximum absolute atomic E-state index is 11.5. The Morgan fingerprint density at radius 1 is 1.26 bits per heavy atom. The van der Waals surface area contributed by atoms with Crippen LogP contribution in [-0.4, -0.2) is 28.6 Å². The van der Waals surface area contributed by atoms with Gasteiger partial charge in [-0.05, 0) is 31.5 Å². The lowest BCUT2D eigenvalue weighted by molar-refractivity contribution is 0.0697. The molecule has 7 heteroatoms. The minimum Gasteiger partial charge on any atom is -0.478 e. The van der Waals surface area contributed by atoms with Crippen LogP contribution in [0.3, 0.4) is 0 Å². The number of urea groups is 1. The highest BCUT2D eigenvalue weighted by molar-refractivity contribution is 5.96. The molecule has 0 saturated carbocycles. The zero-order valence-corrected chi connectivity index (χ0v) is 12.9. The first-order chi connectivity index (χ1) is 11.0. The molecule has 1 heterocycles. The van der Waals surface area contributed by atoms with Crippen LogP contribution in [0.25, 0.3) is 0 Å². The smallest absolute Gasteiger partial charge is 0.339 e. The van der Waals surface area contributed by atoms with E-state index in [1.807, 2.05) is 31.2 Å². The molecular weight excluding hydrogens is 296 g/mol. The van der Waals surface area contributed by atoms with Gasteiger partial charge in [0.1, 0.15) is 11.4 Å². The van der Waals surface area contributed by atoms with Gasteiger partial charge in [0.25, 0.3) is 0 Å². The quantitative estimate of drug-likeness (QED) is 0.679. The Balaban J connectivity index is 2.30. The summed E-state index contributed by atoms with van der Waals surface area (Å²) in [5.41, 5.74) is 2.17. The van der Waals surface area contributed by atoms with Crippen molar-refractivity contribution >= 4 is 29.2 Å². The molecule has 120 valence electrons. The van der Waals surface area contributed by atoms with Crippen molar-refractivity contribution in [1.82, 2.24) is 10.3 Å². The largest absolute Gasteiger partial charge is 0.478 e. The number of rotatable bonds is 5. The maximum atomic E-state index is 11.5. The third-order valence-electron chi connectivity index (χ3n) is 3.01. The van der Waals surface area contributed by atoms with E-state index in [4.69, 9.17) is 0 Å². The number of carbonyl (C=O) groups excluding carboxylic acids is 1. The van der Waals surface area contributed by atoms with Crippen molar-refractivity contribution < 1.29 is 14.7 Å². The second-order valence-corrected chi connectivity index (χ2v) is 4.90. The molecule has 0 atom stereocenters. The zero-order valence-electron chi connectivity index (χ0n) is 12.9. The first-order valence-electron chi connectivity index (χ1n) is 7.11. The minimum absolute atomic E-state index is 0.0213. The topological polar surface area (TPSA) is 103 Å². The van der Waals surface area contributed by atoms with Crippen LogP contribution in [0.15, 0.2) is 36.5 Å². The van der Waals surface area contributed by atoms with Gasteiger partial charge in [0.05, 0.1) is 5.69 Å². The number of benzene rings is 1. The van der Waals surface area contributed by atoms with Crippen molar-refractivity contribution in [2.24, 2.45) is 0 Å². The summed E-state index contributed by atoms with van der Waals surface area (Å²) in [6, 6.07) is 8.62. The molecule has 0 saturated heterocycles. The van der Waals surface area contributed by atoms with Crippen LogP contribution >= 0.6 is 0 Å². The van der Waals surface area contributed by atoms with Crippen molar-refractivity contribution in [2.45, 2.75) is 13.8 Å². The summed E-state index contributed by atoms with van der Waals surface area (Å²) in [4.78, 5) is 26.8. The fraction of sp³-hybridized carbons (Fsp3) is 0.188. The Bertz CT molecular complexity index is 731. The first-order valence-corrected chi connectivity index (χ1v) is 7.11. The summed E-state index contributed by atoms with van der Waals surface area (Å²) in [5.74, 6) is -0.840. The molecule has 23 heavy (non-hydrogen) atoms. The predicted molar refractivity (Wildman–Crippen MR) is 88.4 cm³/mol. The van der Waals surface area contributed by atoms with E-state index in [0.29, 0.717) is 12.2 Å². The van der Waals surface area contributed by atoms with Crippen molar-refractivity contribution in [1.29, 1.82) is 0 Å². The van der Waals surface area contributed by atoms with Crippen molar-refractivity contribution in [3.05, 3.63) is 47.7 Å². The molecule has 2 aromatic rings. The van der Waals surface area contributed by atoms with Gasteiger partial charge in [-0.2, -0.15) is 0 Å². The highest BCUT2D eigenvalue weighted by atomic mass is 16.4. The molecule has 0 fully saturated rings. The average Bonchev–Trinajstić information content (AvgIpc) is 2.47. The number of aromatic carboxylic acids is 1.